The zero-order chi connectivity index (χ0) is 23.7. The number of hydrogen-bond donors (Lipinski definition) is 0. The van der Waals surface area contributed by atoms with Gasteiger partial charge in [0, 0.05) is 10.4 Å². The van der Waals surface area contributed by atoms with Crippen LogP contribution in [0.1, 0.15) is 25.3 Å². The fourth-order valence-electron chi connectivity index (χ4n) is 5.91. The van der Waals surface area contributed by atoms with Crippen LogP contribution in [0.25, 0.3) is 0 Å². The third-order valence-electron chi connectivity index (χ3n) is 7.29. The highest BCUT2D eigenvalue weighted by Gasteiger charge is 2.91. The number of rotatable bonds is 3. The number of hydrogen-bond acceptors (Lipinski definition) is 4. The SMILES string of the molecule is CC1=NN(c2ccccc2)C(=O)[C@@]12C(c1cccc(Br)c1)[C@@]21C(=O)N(c2ccccc2)N=C1C. The highest BCUT2D eigenvalue weighted by atomic mass is 79.9. The molecule has 3 aliphatic rings. The minimum absolute atomic E-state index is 0.195. The van der Waals surface area contributed by atoms with Gasteiger partial charge in [0.1, 0.15) is 10.8 Å². The standard InChI is InChI=1S/C27H21BrN4O2/c1-17-26(24(33)31(29-17)21-12-5-3-6-13-21)23(19-10-9-11-20(28)16-19)27(26)18(2)30-32(25(27)34)22-14-7-4-8-15-22/h3-16,23H,1-2H3/t26-,27-/m0/s1. The third kappa shape index (κ3) is 2.45. The van der Waals surface area contributed by atoms with Crippen molar-refractivity contribution in [2.45, 2.75) is 19.8 Å². The highest BCUT2D eigenvalue weighted by molar-refractivity contribution is 9.10. The molecule has 1 aliphatic carbocycles. The van der Waals surface area contributed by atoms with Crippen molar-refractivity contribution in [3.8, 4) is 0 Å². The Morgan fingerprint density at radius 1 is 0.706 bits per heavy atom. The number of carbonyl (C=O) groups excluding carboxylic acids is 2. The Hall–Kier alpha value is -3.58. The highest BCUT2D eigenvalue weighted by Crippen LogP contribution is 2.79. The summed E-state index contributed by atoms with van der Waals surface area (Å²) in [5, 5.41) is 12.3. The lowest BCUT2D eigenvalue weighted by atomic mass is 9.85. The van der Waals surface area contributed by atoms with Gasteiger partial charge in [0.25, 0.3) is 11.8 Å². The monoisotopic (exact) mass is 512 g/mol. The summed E-state index contributed by atoms with van der Waals surface area (Å²) in [6, 6.07) is 26.5. The van der Waals surface area contributed by atoms with Gasteiger partial charge in [-0.1, -0.05) is 64.5 Å². The number of amides is 2. The minimum atomic E-state index is -1.13. The lowest BCUT2D eigenvalue weighted by Gasteiger charge is -2.18. The van der Waals surface area contributed by atoms with Crippen LogP contribution in [0.4, 0.5) is 11.4 Å². The van der Waals surface area contributed by atoms with E-state index in [1.54, 1.807) is 0 Å². The van der Waals surface area contributed by atoms with Crippen molar-refractivity contribution in [1.82, 2.24) is 0 Å². The number of hydrazone groups is 2. The molecule has 2 atom stereocenters. The van der Waals surface area contributed by atoms with Crippen LogP contribution >= 0.6 is 15.9 Å². The Balaban J connectivity index is 1.54. The van der Waals surface area contributed by atoms with Gasteiger partial charge in [-0.15, -0.1) is 0 Å². The normalized spacial score (nSPS) is 27.6. The molecule has 1 fully saturated rings. The zero-order valence-corrected chi connectivity index (χ0v) is 20.2. The number of nitrogens with zero attached hydrogens (tertiary/aromatic N) is 4. The number of fused-ring (bicyclic) bond motifs is 1. The maximum Gasteiger partial charge on any atom is 0.261 e. The van der Waals surface area contributed by atoms with Crippen molar-refractivity contribution < 1.29 is 9.59 Å². The predicted molar refractivity (Wildman–Crippen MR) is 136 cm³/mol. The van der Waals surface area contributed by atoms with E-state index in [1.165, 1.54) is 10.0 Å². The average molecular weight is 513 g/mol. The molecule has 34 heavy (non-hydrogen) atoms. The van der Waals surface area contributed by atoms with Gasteiger partial charge >= 0.3 is 0 Å². The van der Waals surface area contributed by atoms with Crippen molar-refractivity contribution in [2.75, 3.05) is 10.0 Å². The Labute approximate surface area is 205 Å². The molecule has 3 aromatic rings. The van der Waals surface area contributed by atoms with Gasteiger partial charge in [0.05, 0.1) is 22.8 Å². The summed E-state index contributed by atoms with van der Waals surface area (Å²) in [6.45, 7) is 3.71. The van der Waals surface area contributed by atoms with Gasteiger partial charge in [-0.25, -0.2) is 0 Å². The quantitative estimate of drug-likeness (QED) is 0.473. The van der Waals surface area contributed by atoms with Gasteiger partial charge < -0.3 is 0 Å². The van der Waals surface area contributed by atoms with Crippen LogP contribution in [0.3, 0.4) is 0 Å². The summed E-state index contributed by atoms with van der Waals surface area (Å²) in [5.41, 5.74) is 1.27. The molecule has 2 aliphatic heterocycles. The molecule has 0 aromatic heterocycles. The second-order valence-electron chi connectivity index (χ2n) is 8.88. The average Bonchev–Trinajstić information content (AvgIpc) is 3.34. The van der Waals surface area contributed by atoms with Crippen LogP contribution in [-0.4, -0.2) is 23.2 Å². The van der Waals surface area contributed by atoms with Crippen molar-refractivity contribution >= 4 is 50.5 Å². The summed E-state index contributed by atoms with van der Waals surface area (Å²) in [4.78, 5) is 28.5. The molecule has 6 nitrogen and oxygen atoms in total. The molecule has 0 unspecified atom stereocenters. The molecule has 7 heteroatoms. The molecule has 3 aromatic carbocycles. The molecule has 0 bridgehead atoms. The molecule has 0 radical (unpaired) electrons. The predicted octanol–water partition coefficient (Wildman–Crippen LogP) is 5.36. The van der Waals surface area contributed by atoms with Crippen LogP contribution in [0, 0.1) is 10.8 Å². The van der Waals surface area contributed by atoms with Crippen molar-refractivity contribution in [3.05, 3.63) is 95.0 Å². The fraction of sp³-hybridized carbons (Fsp3) is 0.185. The van der Waals surface area contributed by atoms with Crippen LogP contribution < -0.4 is 10.0 Å². The first-order valence-electron chi connectivity index (χ1n) is 11.1. The summed E-state index contributed by atoms with van der Waals surface area (Å²) < 4.78 is 0.891. The van der Waals surface area contributed by atoms with E-state index in [9.17, 15) is 9.59 Å². The molecule has 2 amide bonds. The summed E-state index contributed by atoms with van der Waals surface area (Å²) in [7, 11) is 0. The first-order chi connectivity index (χ1) is 16.4. The third-order valence-corrected chi connectivity index (χ3v) is 7.78. The molecule has 0 saturated heterocycles. The van der Waals surface area contributed by atoms with Crippen LogP contribution in [0.2, 0.25) is 0 Å². The van der Waals surface area contributed by atoms with Crippen molar-refractivity contribution in [3.63, 3.8) is 0 Å². The van der Waals surface area contributed by atoms with Crippen molar-refractivity contribution in [2.24, 2.45) is 21.0 Å². The largest absolute Gasteiger partial charge is 0.271 e. The van der Waals surface area contributed by atoms with Crippen LogP contribution in [0.5, 0.6) is 0 Å². The van der Waals surface area contributed by atoms with Crippen LogP contribution in [0.15, 0.2) is 99.6 Å². The smallest absolute Gasteiger partial charge is 0.261 e. The molecular weight excluding hydrogens is 492 g/mol. The number of anilines is 2. The fourth-order valence-corrected chi connectivity index (χ4v) is 6.33. The van der Waals surface area contributed by atoms with E-state index in [0.717, 1.165) is 10.0 Å². The first kappa shape index (κ1) is 21.0. The lowest BCUT2D eigenvalue weighted by Crippen LogP contribution is -2.40. The van der Waals surface area contributed by atoms with Gasteiger partial charge in [-0.3, -0.25) is 9.59 Å². The summed E-state index contributed by atoms with van der Waals surface area (Å²) in [5.74, 6) is -0.801. The Bertz CT molecular complexity index is 1320. The van der Waals surface area contributed by atoms with Crippen LogP contribution in [-0.2, 0) is 9.59 Å². The minimum Gasteiger partial charge on any atom is -0.271 e. The molecule has 1 saturated carbocycles. The Morgan fingerprint density at radius 3 is 1.62 bits per heavy atom. The van der Waals surface area contributed by atoms with E-state index in [4.69, 9.17) is 10.2 Å². The van der Waals surface area contributed by atoms with Gasteiger partial charge in [-0.05, 0) is 55.8 Å². The second kappa shape index (κ2) is 7.21. The number of halogens is 1. The molecule has 168 valence electrons. The number of carbonyl (C=O) groups is 2. The van der Waals surface area contributed by atoms with E-state index < -0.39 is 16.7 Å². The lowest BCUT2D eigenvalue weighted by molar-refractivity contribution is -0.126. The maximum absolute atomic E-state index is 14.2. The molecule has 0 N–H and O–H groups in total. The van der Waals surface area contributed by atoms with E-state index in [2.05, 4.69) is 15.9 Å². The molecule has 6 rings (SSSR count). The zero-order valence-electron chi connectivity index (χ0n) is 18.6. The van der Waals surface area contributed by atoms with Gasteiger partial charge in [-0.2, -0.15) is 20.2 Å². The summed E-state index contributed by atoms with van der Waals surface area (Å²) in [6.07, 6.45) is 0. The van der Waals surface area contributed by atoms with Gasteiger partial charge in [0.15, 0.2) is 0 Å². The van der Waals surface area contributed by atoms with Crippen molar-refractivity contribution in [1.29, 1.82) is 0 Å². The van der Waals surface area contributed by atoms with Gasteiger partial charge in [0.2, 0.25) is 0 Å². The number of para-hydroxylation sites is 2. The Kier molecular flexibility index (Phi) is 4.45. The Morgan fingerprint density at radius 2 is 1.18 bits per heavy atom. The number of benzene rings is 3. The van der Waals surface area contributed by atoms with E-state index in [0.29, 0.717) is 22.8 Å². The topological polar surface area (TPSA) is 65.3 Å². The summed E-state index contributed by atoms with van der Waals surface area (Å²) >= 11 is 3.56. The molecule has 2 heterocycles. The molecule has 2 spiro atoms. The molecular formula is C27H21BrN4O2. The van der Waals surface area contributed by atoms with E-state index in [1.807, 2.05) is 98.8 Å². The second-order valence-corrected chi connectivity index (χ2v) is 9.80. The van der Waals surface area contributed by atoms with E-state index in [-0.39, 0.29) is 11.8 Å². The first-order valence-corrected chi connectivity index (χ1v) is 11.9. The maximum atomic E-state index is 14.2. The van der Waals surface area contributed by atoms with E-state index >= 15 is 0 Å².